The molecule has 0 aromatic carbocycles. The topological polar surface area (TPSA) is 62.5 Å². The highest BCUT2D eigenvalue weighted by atomic mass is 16.2. The Morgan fingerprint density at radius 1 is 1.39 bits per heavy atom. The van der Waals surface area contributed by atoms with Crippen molar-refractivity contribution in [2.75, 3.05) is 31.1 Å². The van der Waals surface area contributed by atoms with E-state index < -0.39 is 0 Å². The molecule has 5 heteroatoms. The number of carbonyl (C=O) groups excluding carboxylic acids is 1. The monoisotopic (exact) mass is 248 g/mol. The van der Waals surface area contributed by atoms with E-state index in [1.807, 2.05) is 24.0 Å². The van der Waals surface area contributed by atoms with Crippen LogP contribution in [0.1, 0.15) is 25.5 Å². The number of rotatable bonds is 2. The first-order valence-electron chi connectivity index (χ1n) is 6.30. The number of nitrogens with two attached hydrogens (primary N) is 1. The smallest absolute Gasteiger partial charge is 0.219 e. The van der Waals surface area contributed by atoms with Crippen molar-refractivity contribution in [2.24, 2.45) is 5.73 Å². The highest BCUT2D eigenvalue weighted by Crippen LogP contribution is 2.18. The molecule has 98 valence electrons. The van der Waals surface area contributed by atoms with Crippen LogP contribution >= 0.6 is 0 Å². The maximum absolute atomic E-state index is 11.3. The summed E-state index contributed by atoms with van der Waals surface area (Å²) >= 11 is 0. The average molecular weight is 248 g/mol. The number of piperazine rings is 1. The average Bonchev–Trinajstić information content (AvgIpc) is 2.39. The SMILES string of the molecule is CC(=O)N1CCN(c2cc([C@@H](C)N)ccn2)CC1. The summed E-state index contributed by atoms with van der Waals surface area (Å²) in [6, 6.07) is 4.00. The summed E-state index contributed by atoms with van der Waals surface area (Å²) in [5, 5.41) is 0. The van der Waals surface area contributed by atoms with Gasteiger partial charge in [-0.05, 0) is 24.6 Å². The first kappa shape index (κ1) is 12.8. The minimum absolute atomic E-state index is 0.0188. The van der Waals surface area contributed by atoms with E-state index in [9.17, 15) is 4.79 Å². The number of anilines is 1. The van der Waals surface area contributed by atoms with Gasteiger partial charge in [-0.3, -0.25) is 4.79 Å². The van der Waals surface area contributed by atoms with Crippen LogP contribution in [0.15, 0.2) is 18.3 Å². The second-order valence-corrected chi connectivity index (χ2v) is 4.73. The molecule has 1 aromatic rings. The number of nitrogens with zero attached hydrogens (tertiary/aromatic N) is 3. The Bertz CT molecular complexity index is 425. The molecule has 1 amide bonds. The number of amides is 1. The van der Waals surface area contributed by atoms with Gasteiger partial charge in [0.15, 0.2) is 0 Å². The van der Waals surface area contributed by atoms with Crippen LogP contribution in [0, 0.1) is 0 Å². The maximum atomic E-state index is 11.3. The minimum Gasteiger partial charge on any atom is -0.353 e. The number of aromatic nitrogens is 1. The molecule has 1 aromatic heterocycles. The predicted octanol–water partition coefficient (Wildman–Crippen LogP) is 0.770. The summed E-state index contributed by atoms with van der Waals surface area (Å²) < 4.78 is 0. The molecule has 0 spiro atoms. The number of hydrogen-bond acceptors (Lipinski definition) is 4. The summed E-state index contributed by atoms with van der Waals surface area (Å²) in [6.07, 6.45) is 1.80. The van der Waals surface area contributed by atoms with Crippen LogP contribution in [0.2, 0.25) is 0 Å². The number of carbonyl (C=O) groups is 1. The highest BCUT2D eigenvalue weighted by Gasteiger charge is 2.19. The van der Waals surface area contributed by atoms with Gasteiger partial charge in [0.05, 0.1) is 0 Å². The Kier molecular flexibility index (Phi) is 3.81. The van der Waals surface area contributed by atoms with Crippen LogP contribution < -0.4 is 10.6 Å². The van der Waals surface area contributed by atoms with Gasteiger partial charge in [0, 0.05) is 45.3 Å². The van der Waals surface area contributed by atoms with Crippen molar-refractivity contribution in [3.8, 4) is 0 Å². The van der Waals surface area contributed by atoms with Gasteiger partial charge in [-0.2, -0.15) is 0 Å². The molecule has 5 nitrogen and oxygen atoms in total. The lowest BCUT2D eigenvalue weighted by Gasteiger charge is -2.35. The van der Waals surface area contributed by atoms with Gasteiger partial charge in [-0.15, -0.1) is 0 Å². The van der Waals surface area contributed by atoms with Crippen LogP contribution in [0.4, 0.5) is 5.82 Å². The molecule has 0 unspecified atom stereocenters. The molecular weight excluding hydrogens is 228 g/mol. The van der Waals surface area contributed by atoms with Crippen molar-refractivity contribution in [1.82, 2.24) is 9.88 Å². The Hall–Kier alpha value is -1.62. The van der Waals surface area contributed by atoms with Crippen LogP contribution in [0.3, 0.4) is 0 Å². The summed E-state index contributed by atoms with van der Waals surface area (Å²) in [6.45, 7) is 6.76. The van der Waals surface area contributed by atoms with Crippen molar-refractivity contribution in [3.63, 3.8) is 0 Å². The molecule has 2 N–H and O–H groups in total. The zero-order valence-electron chi connectivity index (χ0n) is 11.0. The standard InChI is InChI=1S/C13H20N4O/c1-10(14)12-3-4-15-13(9-12)17-7-5-16(6-8-17)11(2)18/h3-4,9-10H,5-8,14H2,1-2H3/t10-/m1/s1. The van der Waals surface area contributed by atoms with Gasteiger partial charge in [-0.1, -0.05) is 0 Å². The fourth-order valence-corrected chi connectivity index (χ4v) is 2.14. The Labute approximate surface area is 108 Å². The second kappa shape index (κ2) is 5.35. The lowest BCUT2D eigenvalue weighted by molar-refractivity contribution is -0.129. The fraction of sp³-hybridized carbons (Fsp3) is 0.538. The van der Waals surface area contributed by atoms with Gasteiger partial charge in [0.25, 0.3) is 0 Å². The lowest BCUT2D eigenvalue weighted by atomic mass is 10.1. The van der Waals surface area contributed by atoms with E-state index >= 15 is 0 Å². The van der Waals surface area contributed by atoms with Crippen LogP contribution in [-0.4, -0.2) is 42.0 Å². The largest absolute Gasteiger partial charge is 0.353 e. The Morgan fingerprint density at radius 2 is 2.06 bits per heavy atom. The highest BCUT2D eigenvalue weighted by molar-refractivity contribution is 5.73. The fourth-order valence-electron chi connectivity index (χ4n) is 2.14. The molecule has 0 saturated carbocycles. The minimum atomic E-state index is 0.0188. The third kappa shape index (κ3) is 2.79. The van der Waals surface area contributed by atoms with E-state index in [2.05, 4.69) is 9.88 Å². The zero-order chi connectivity index (χ0) is 13.1. The van der Waals surface area contributed by atoms with E-state index in [-0.39, 0.29) is 11.9 Å². The molecule has 1 aliphatic heterocycles. The molecule has 1 fully saturated rings. The molecule has 0 aliphatic carbocycles. The molecule has 18 heavy (non-hydrogen) atoms. The third-order valence-corrected chi connectivity index (χ3v) is 3.34. The predicted molar refractivity (Wildman–Crippen MR) is 71.3 cm³/mol. The van der Waals surface area contributed by atoms with E-state index in [1.54, 1.807) is 13.1 Å². The molecular formula is C13H20N4O. The van der Waals surface area contributed by atoms with Gasteiger partial charge in [-0.25, -0.2) is 4.98 Å². The van der Waals surface area contributed by atoms with Gasteiger partial charge < -0.3 is 15.5 Å². The van der Waals surface area contributed by atoms with E-state index in [0.717, 1.165) is 37.6 Å². The normalized spacial score (nSPS) is 17.7. The molecule has 0 radical (unpaired) electrons. The van der Waals surface area contributed by atoms with E-state index in [4.69, 9.17) is 5.73 Å². The van der Waals surface area contributed by atoms with Crippen molar-refractivity contribution in [3.05, 3.63) is 23.9 Å². The molecule has 1 aliphatic rings. The molecule has 0 bridgehead atoms. The van der Waals surface area contributed by atoms with Crippen LogP contribution in [-0.2, 0) is 4.79 Å². The third-order valence-electron chi connectivity index (χ3n) is 3.34. The zero-order valence-corrected chi connectivity index (χ0v) is 11.0. The first-order chi connectivity index (χ1) is 8.58. The van der Waals surface area contributed by atoms with Gasteiger partial charge in [0.2, 0.25) is 5.91 Å². The van der Waals surface area contributed by atoms with Crippen molar-refractivity contribution in [2.45, 2.75) is 19.9 Å². The Morgan fingerprint density at radius 3 is 2.61 bits per heavy atom. The Balaban J connectivity index is 2.05. The molecule has 2 heterocycles. The quantitative estimate of drug-likeness (QED) is 0.839. The lowest BCUT2D eigenvalue weighted by Crippen LogP contribution is -2.48. The molecule has 1 atom stereocenters. The molecule has 1 saturated heterocycles. The van der Waals surface area contributed by atoms with Crippen molar-refractivity contribution in [1.29, 1.82) is 0 Å². The first-order valence-corrected chi connectivity index (χ1v) is 6.30. The van der Waals surface area contributed by atoms with Crippen LogP contribution in [0.5, 0.6) is 0 Å². The van der Waals surface area contributed by atoms with E-state index in [1.165, 1.54) is 0 Å². The summed E-state index contributed by atoms with van der Waals surface area (Å²) in [5.74, 6) is 1.10. The summed E-state index contributed by atoms with van der Waals surface area (Å²) in [5.41, 5.74) is 6.97. The van der Waals surface area contributed by atoms with Crippen LogP contribution in [0.25, 0.3) is 0 Å². The van der Waals surface area contributed by atoms with E-state index in [0.29, 0.717) is 0 Å². The summed E-state index contributed by atoms with van der Waals surface area (Å²) in [7, 11) is 0. The number of pyridine rings is 1. The van der Waals surface area contributed by atoms with Gasteiger partial charge in [0.1, 0.15) is 5.82 Å². The van der Waals surface area contributed by atoms with Crippen molar-refractivity contribution >= 4 is 11.7 Å². The molecule has 2 rings (SSSR count). The second-order valence-electron chi connectivity index (χ2n) is 4.73. The van der Waals surface area contributed by atoms with Crippen molar-refractivity contribution < 1.29 is 4.79 Å². The summed E-state index contributed by atoms with van der Waals surface area (Å²) in [4.78, 5) is 19.7. The maximum Gasteiger partial charge on any atom is 0.219 e. The van der Waals surface area contributed by atoms with Gasteiger partial charge >= 0.3 is 0 Å². The number of hydrogen-bond donors (Lipinski definition) is 1.